The van der Waals surface area contributed by atoms with Crippen LogP contribution in [-0.4, -0.2) is 41.2 Å². The van der Waals surface area contributed by atoms with Gasteiger partial charge in [0.25, 0.3) is 0 Å². The number of hydrogen-bond acceptors (Lipinski definition) is 6. The van der Waals surface area contributed by atoms with E-state index in [1.54, 1.807) is 6.07 Å². The van der Waals surface area contributed by atoms with Crippen LogP contribution in [0.25, 0.3) is 11.3 Å². The van der Waals surface area contributed by atoms with Gasteiger partial charge in [-0.3, -0.25) is 0 Å². The Labute approximate surface area is 228 Å². The van der Waals surface area contributed by atoms with E-state index in [9.17, 15) is 9.18 Å². The number of rotatable bonds is 7. The van der Waals surface area contributed by atoms with E-state index in [1.807, 2.05) is 41.1 Å². The van der Waals surface area contributed by atoms with Crippen LogP contribution in [-0.2, 0) is 16.1 Å². The van der Waals surface area contributed by atoms with Crippen LogP contribution in [0.3, 0.4) is 0 Å². The van der Waals surface area contributed by atoms with Crippen molar-refractivity contribution in [1.29, 1.82) is 5.26 Å². The third-order valence-corrected chi connectivity index (χ3v) is 7.63. The van der Waals surface area contributed by atoms with Crippen molar-refractivity contribution in [1.82, 2.24) is 15.1 Å². The molecule has 3 aromatic rings. The molecule has 0 spiro atoms. The molecule has 0 unspecified atom stereocenters. The van der Waals surface area contributed by atoms with Crippen molar-refractivity contribution in [3.05, 3.63) is 69.9 Å². The summed E-state index contributed by atoms with van der Waals surface area (Å²) < 4.78 is 34.1. The minimum atomic E-state index is -0.594. The number of nitrogens with zero attached hydrogens (tertiary/aromatic N) is 3. The summed E-state index contributed by atoms with van der Waals surface area (Å²) in [5.74, 6) is -0.0113. The van der Waals surface area contributed by atoms with E-state index >= 15 is 0 Å². The van der Waals surface area contributed by atoms with Crippen LogP contribution in [0.5, 0.6) is 5.88 Å². The average molecular weight is 583 g/mol. The largest absolute Gasteiger partial charge is 0.471 e. The van der Waals surface area contributed by atoms with Gasteiger partial charge in [0.05, 0.1) is 24.8 Å². The monoisotopic (exact) mass is 582 g/mol. The number of hydrogen-bond donors (Lipinski definition) is 1. The minimum Gasteiger partial charge on any atom is -0.471 e. The van der Waals surface area contributed by atoms with Crippen LogP contribution < -0.4 is 10.1 Å². The highest BCUT2D eigenvalue weighted by Gasteiger charge is 2.31. The van der Waals surface area contributed by atoms with Gasteiger partial charge in [0, 0.05) is 18.0 Å². The second-order valence-corrected chi connectivity index (χ2v) is 10.3. The summed E-state index contributed by atoms with van der Waals surface area (Å²) in [7, 11) is 0. The van der Waals surface area contributed by atoms with E-state index in [4.69, 9.17) is 24.6 Å². The van der Waals surface area contributed by atoms with Gasteiger partial charge in [-0.1, -0.05) is 36.4 Å². The van der Waals surface area contributed by atoms with Crippen molar-refractivity contribution >= 4 is 22.0 Å². The Kier molecular flexibility index (Phi) is 8.25. The highest BCUT2D eigenvalue weighted by molar-refractivity contribution is 9.10. The van der Waals surface area contributed by atoms with Crippen LogP contribution in [0.15, 0.2) is 53.0 Å². The summed E-state index contributed by atoms with van der Waals surface area (Å²) in [5.41, 5.74) is 2.02. The first-order valence-electron chi connectivity index (χ1n) is 12.7. The van der Waals surface area contributed by atoms with Gasteiger partial charge in [-0.2, -0.15) is 10.4 Å². The van der Waals surface area contributed by atoms with E-state index in [2.05, 4.69) is 21.2 Å². The van der Waals surface area contributed by atoms with Crippen molar-refractivity contribution in [3.8, 4) is 23.2 Å². The van der Waals surface area contributed by atoms with Gasteiger partial charge in [-0.05, 0) is 59.3 Å². The van der Waals surface area contributed by atoms with Crippen LogP contribution in [0, 0.1) is 17.1 Å². The normalized spacial score (nSPS) is 21.0. The van der Waals surface area contributed by atoms with E-state index < -0.39 is 11.9 Å². The molecule has 1 aliphatic carbocycles. The molecule has 1 aromatic heterocycles. The second-order valence-electron chi connectivity index (χ2n) is 9.53. The van der Waals surface area contributed by atoms with Crippen molar-refractivity contribution in [2.45, 2.75) is 56.9 Å². The number of ether oxygens (including phenoxy) is 3. The lowest BCUT2D eigenvalue weighted by atomic mass is 9.91. The van der Waals surface area contributed by atoms with E-state index in [-0.39, 0.29) is 30.4 Å². The van der Waals surface area contributed by atoms with E-state index in [1.165, 1.54) is 12.1 Å². The van der Waals surface area contributed by atoms with Gasteiger partial charge in [-0.25, -0.2) is 13.9 Å². The number of amides is 1. The molecular weight excluding hydrogens is 555 g/mol. The Morgan fingerprint density at radius 2 is 1.97 bits per heavy atom. The van der Waals surface area contributed by atoms with Gasteiger partial charge in [0.1, 0.15) is 34.8 Å². The molecule has 10 heteroatoms. The number of benzene rings is 2. The highest BCUT2D eigenvalue weighted by atomic mass is 79.9. The number of halogens is 2. The molecule has 1 amide bonds. The quantitative estimate of drug-likeness (QED) is 0.372. The van der Waals surface area contributed by atoms with E-state index in [0.717, 1.165) is 37.7 Å². The number of nitriles is 1. The van der Waals surface area contributed by atoms with Crippen LogP contribution >= 0.6 is 15.9 Å². The maximum atomic E-state index is 14.4. The van der Waals surface area contributed by atoms with Gasteiger partial charge in [0.2, 0.25) is 5.88 Å². The average Bonchev–Trinajstić information content (AvgIpc) is 3.57. The molecule has 0 radical (unpaired) electrons. The Balaban J connectivity index is 1.28. The lowest BCUT2D eigenvalue weighted by Gasteiger charge is -2.30. The summed E-state index contributed by atoms with van der Waals surface area (Å²) in [5, 5.41) is 16.9. The topological polar surface area (TPSA) is 98.4 Å². The number of carbonyl (C=O) groups excluding carboxylic acids is 1. The Bertz CT molecular complexity index is 1310. The highest BCUT2D eigenvalue weighted by Crippen LogP contribution is 2.41. The zero-order valence-corrected chi connectivity index (χ0v) is 22.3. The molecule has 8 nitrogen and oxygen atoms in total. The lowest BCUT2D eigenvalue weighted by Crippen LogP contribution is -2.38. The molecule has 2 heterocycles. The Morgan fingerprint density at radius 1 is 1.18 bits per heavy atom. The third kappa shape index (κ3) is 6.00. The zero-order chi connectivity index (χ0) is 26.5. The first-order valence-corrected chi connectivity index (χ1v) is 13.5. The summed E-state index contributed by atoms with van der Waals surface area (Å²) in [4.78, 5) is 12.3. The van der Waals surface area contributed by atoms with Gasteiger partial charge < -0.3 is 19.5 Å². The molecule has 1 N–H and O–H groups in total. The molecule has 0 bridgehead atoms. The molecule has 1 saturated heterocycles. The number of alkyl carbamates (subject to hydrolysis) is 1. The van der Waals surface area contributed by atoms with Crippen LogP contribution in [0.2, 0.25) is 0 Å². The second kappa shape index (κ2) is 12.0. The standard InChI is InChI=1S/C28H28BrFN4O4/c29-25-26(19-6-7-20(15-31)24(30)14-19)33-34(27(25)38-23-12-13-36-17-23)22-10-8-21(9-11-22)32-28(35)37-16-18-4-2-1-3-5-18/h1-7,14,21-23H,8-13,16-17H2,(H,32,35)/t21?,22?,23-/m0/s1. The molecule has 2 aromatic carbocycles. The lowest BCUT2D eigenvalue weighted by molar-refractivity contribution is 0.123. The summed E-state index contributed by atoms with van der Waals surface area (Å²) >= 11 is 3.64. The number of aromatic nitrogens is 2. The van der Waals surface area contributed by atoms with Gasteiger partial charge in [0.15, 0.2) is 0 Å². The summed E-state index contributed by atoms with van der Waals surface area (Å²) in [6.45, 7) is 1.37. The fourth-order valence-electron chi connectivity index (χ4n) is 4.85. The molecule has 2 fully saturated rings. The van der Waals surface area contributed by atoms with Gasteiger partial charge in [-0.15, -0.1) is 0 Å². The first kappa shape index (κ1) is 26.2. The molecule has 1 saturated carbocycles. The zero-order valence-electron chi connectivity index (χ0n) is 20.7. The molecule has 38 heavy (non-hydrogen) atoms. The molecular formula is C28H28BrFN4O4. The SMILES string of the molecule is N#Cc1ccc(-c2nn(C3CCC(NC(=O)OCc4ccccc4)CC3)c(O[C@H]3CCOC3)c2Br)cc1F. The van der Waals surface area contributed by atoms with Crippen molar-refractivity contribution in [2.24, 2.45) is 0 Å². The smallest absolute Gasteiger partial charge is 0.407 e. The fourth-order valence-corrected chi connectivity index (χ4v) is 5.43. The van der Waals surface area contributed by atoms with Gasteiger partial charge >= 0.3 is 6.09 Å². The maximum absolute atomic E-state index is 14.4. The molecule has 198 valence electrons. The number of nitrogens with one attached hydrogen (secondary N) is 1. The minimum absolute atomic E-state index is 0.00761. The Morgan fingerprint density at radius 3 is 2.66 bits per heavy atom. The number of carbonyl (C=O) groups is 1. The molecule has 1 aliphatic heterocycles. The van der Waals surface area contributed by atoms with Crippen LogP contribution in [0.4, 0.5) is 9.18 Å². The first-order chi connectivity index (χ1) is 18.5. The maximum Gasteiger partial charge on any atom is 0.407 e. The summed E-state index contributed by atoms with van der Waals surface area (Å²) in [6, 6.07) is 15.9. The third-order valence-electron chi connectivity index (χ3n) is 6.92. The fraction of sp³-hybridized carbons (Fsp3) is 0.393. The van der Waals surface area contributed by atoms with Crippen molar-refractivity contribution < 1.29 is 23.4 Å². The van der Waals surface area contributed by atoms with Crippen LogP contribution in [0.1, 0.15) is 49.3 Å². The van der Waals surface area contributed by atoms with E-state index in [0.29, 0.717) is 34.8 Å². The molecule has 1 atom stereocenters. The molecule has 2 aliphatic rings. The van der Waals surface area contributed by atoms with Crippen molar-refractivity contribution in [2.75, 3.05) is 13.2 Å². The summed E-state index contributed by atoms with van der Waals surface area (Å²) in [6.07, 6.45) is 3.33. The molecule has 5 rings (SSSR count). The Hall–Kier alpha value is -3.42. The predicted molar refractivity (Wildman–Crippen MR) is 141 cm³/mol. The van der Waals surface area contributed by atoms with Crippen molar-refractivity contribution in [3.63, 3.8) is 0 Å². The predicted octanol–water partition coefficient (Wildman–Crippen LogP) is 5.90.